The van der Waals surface area contributed by atoms with Crippen LogP contribution in [0.1, 0.15) is 20.3 Å². The molecule has 0 aromatic carbocycles. The quantitative estimate of drug-likeness (QED) is 0.385. The Morgan fingerprint density at radius 1 is 1.25 bits per heavy atom. The molecule has 2 nitrogen and oxygen atoms in total. The summed E-state index contributed by atoms with van der Waals surface area (Å²) < 4.78 is 0. The average Bonchev–Trinajstić information content (AvgIpc) is 2.03. The molecule has 0 aromatic heterocycles. The van der Waals surface area contributed by atoms with Crippen molar-refractivity contribution in [2.75, 3.05) is 0 Å². The Labute approximate surface area is 73.6 Å². The van der Waals surface area contributed by atoms with Crippen molar-refractivity contribution in [3.63, 3.8) is 0 Å². The fourth-order valence-corrected chi connectivity index (χ4v) is 0.678. The molecule has 0 saturated heterocycles. The molecule has 2 heteroatoms. The summed E-state index contributed by atoms with van der Waals surface area (Å²) in [6.45, 7) is 3.94. The number of rotatable bonds is 5. The molecule has 0 spiro atoms. The summed E-state index contributed by atoms with van der Waals surface area (Å²) in [5.74, 6) is 0.282. The van der Waals surface area contributed by atoms with Gasteiger partial charge in [0, 0.05) is 0 Å². The monoisotopic (exact) mass is 168 g/mol. The molecule has 1 N–H and O–H groups in total. The molecule has 0 aromatic rings. The SMILES string of the molecule is CC(C)C(O)C/C=C\C=C\C=O. The van der Waals surface area contributed by atoms with Gasteiger partial charge in [0.15, 0.2) is 0 Å². The largest absolute Gasteiger partial charge is 0.393 e. The van der Waals surface area contributed by atoms with Crippen molar-refractivity contribution in [1.82, 2.24) is 0 Å². The molecule has 0 aliphatic rings. The molecule has 0 heterocycles. The number of allylic oxidation sites excluding steroid dienone is 3. The summed E-state index contributed by atoms with van der Waals surface area (Å²) in [4.78, 5) is 9.84. The third-order valence-electron chi connectivity index (χ3n) is 1.58. The Hall–Kier alpha value is -0.890. The Balaban J connectivity index is 3.59. The fourth-order valence-electron chi connectivity index (χ4n) is 0.678. The van der Waals surface area contributed by atoms with E-state index in [1.54, 1.807) is 12.2 Å². The zero-order chi connectivity index (χ0) is 9.40. The van der Waals surface area contributed by atoms with Gasteiger partial charge in [-0.2, -0.15) is 0 Å². The number of hydrogen-bond donors (Lipinski definition) is 1. The van der Waals surface area contributed by atoms with Crippen LogP contribution < -0.4 is 0 Å². The predicted molar refractivity (Wildman–Crippen MR) is 49.8 cm³/mol. The van der Waals surface area contributed by atoms with Crippen LogP contribution in [0, 0.1) is 5.92 Å². The number of carbonyl (C=O) groups excluding carboxylic acids is 1. The van der Waals surface area contributed by atoms with Crippen LogP contribution in [-0.2, 0) is 4.79 Å². The Kier molecular flexibility index (Phi) is 6.29. The van der Waals surface area contributed by atoms with E-state index < -0.39 is 0 Å². The van der Waals surface area contributed by atoms with Crippen molar-refractivity contribution in [1.29, 1.82) is 0 Å². The predicted octanol–water partition coefficient (Wildman–Crippen LogP) is 1.70. The lowest BCUT2D eigenvalue weighted by molar-refractivity contribution is -0.104. The number of aliphatic hydroxyl groups excluding tert-OH is 1. The van der Waals surface area contributed by atoms with Gasteiger partial charge >= 0.3 is 0 Å². The first-order chi connectivity index (χ1) is 5.68. The van der Waals surface area contributed by atoms with Gasteiger partial charge in [-0.05, 0) is 18.4 Å². The second-order valence-corrected chi connectivity index (χ2v) is 3.00. The molecular formula is C10H16O2. The molecule has 0 aliphatic heterocycles. The van der Waals surface area contributed by atoms with E-state index in [1.165, 1.54) is 6.08 Å². The first-order valence-corrected chi connectivity index (χ1v) is 4.13. The van der Waals surface area contributed by atoms with Crippen LogP contribution in [0.5, 0.6) is 0 Å². The fraction of sp³-hybridized carbons (Fsp3) is 0.500. The van der Waals surface area contributed by atoms with E-state index in [0.717, 1.165) is 6.29 Å². The summed E-state index contributed by atoms with van der Waals surface area (Å²) in [6, 6.07) is 0. The highest BCUT2D eigenvalue weighted by atomic mass is 16.3. The Bertz CT molecular complexity index is 169. The molecule has 0 aliphatic carbocycles. The van der Waals surface area contributed by atoms with Crippen LogP contribution in [0.4, 0.5) is 0 Å². The minimum Gasteiger partial charge on any atom is -0.393 e. The molecule has 0 fully saturated rings. The average molecular weight is 168 g/mol. The normalized spacial score (nSPS) is 14.7. The summed E-state index contributed by atoms with van der Waals surface area (Å²) in [5.41, 5.74) is 0. The zero-order valence-electron chi connectivity index (χ0n) is 7.60. The highest BCUT2D eigenvalue weighted by Crippen LogP contribution is 2.05. The maximum absolute atomic E-state index is 9.84. The van der Waals surface area contributed by atoms with Crippen molar-refractivity contribution in [3.8, 4) is 0 Å². The van der Waals surface area contributed by atoms with Crippen LogP contribution in [0.25, 0.3) is 0 Å². The van der Waals surface area contributed by atoms with E-state index in [9.17, 15) is 9.90 Å². The molecule has 0 radical (unpaired) electrons. The second-order valence-electron chi connectivity index (χ2n) is 3.00. The summed E-state index contributed by atoms with van der Waals surface area (Å²) in [5, 5.41) is 9.34. The van der Waals surface area contributed by atoms with Crippen LogP contribution in [0.15, 0.2) is 24.3 Å². The summed E-state index contributed by atoms with van der Waals surface area (Å²) in [6.07, 6.45) is 7.76. The van der Waals surface area contributed by atoms with Gasteiger partial charge in [-0.15, -0.1) is 0 Å². The van der Waals surface area contributed by atoms with Gasteiger partial charge in [0.2, 0.25) is 0 Å². The van der Waals surface area contributed by atoms with Crippen LogP contribution in [0.2, 0.25) is 0 Å². The molecular weight excluding hydrogens is 152 g/mol. The van der Waals surface area contributed by atoms with Gasteiger partial charge in [0.25, 0.3) is 0 Å². The van der Waals surface area contributed by atoms with Gasteiger partial charge in [0.1, 0.15) is 6.29 Å². The first kappa shape index (κ1) is 11.1. The zero-order valence-corrected chi connectivity index (χ0v) is 7.60. The van der Waals surface area contributed by atoms with Crippen LogP contribution >= 0.6 is 0 Å². The number of carbonyl (C=O) groups is 1. The minimum atomic E-state index is -0.286. The van der Waals surface area contributed by atoms with Gasteiger partial charge < -0.3 is 5.11 Å². The Morgan fingerprint density at radius 2 is 1.92 bits per heavy atom. The van der Waals surface area contributed by atoms with Crippen molar-refractivity contribution < 1.29 is 9.90 Å². The molecule has 1 atom stereocenters. The van der Waals surface area contributed by atoms with Crippen LogP contribution in [-0.4, -0.2) is 17.5 Å². The van der Waals surface area contributed by atoms with E-state index in [1.807, 2.05) is 19.9 Å². The topological polar surface area (TPSA) is 37.3 Å². The lowest BCUT2D eigenvalue weighted by Crippen LogP contribution is -2.12. The van der Waals surface area contributed by atoms with Crippen molar-refractivity contribution >= 4 is 6.29 Å². The minimum absolute atomic E-state index is 0.282. The van der Waals surface area contributed by atoms with Crippen molar-refractivity contribution in [2.24, 2.45) is 5.92 Å². The highest BCUT2D eigenvalue weighted by Gasteiger charge is 2.05. The van der Waals surface area contributed by atoms with Gasteiger partial charge in [-0.25, -0.2) is 0 Å². The van der Waals surface area contributed by atoms with Crippen molar-refractivity contribution in [2.45, 2.75) is 26.4 Å². The number of aldehydes is 1. The third-order valence-corrected chi connectivity index (χ3v) is 1.58. The molecule has 0 rings (SSSR count). The molecule has 0 bridgehead atoms. The highest BCUT2D eigenvalue weighted by molar-refractivity contribution is 5.65. The van der Waals surface area contributed by atoms with Gasteiger partial charge in [-0.1, -0.05) is 32.1 Å². The summed E-state index contributed by atoms with van der Waals surface area (Å²) >= 11 is 0. The summed E-state index contributed by atoms with van der Waals surface area (Å²) in [7, 11) is 0. The molecule has 0 saturated carbocycles. The third kappa shape index (κ3) is 5.86. The number of aliphatic hydroxyl groups is 1. The van der Waals surface area contributed by atoms with Crippen LogP contribution in [0.3, 0.4) is 0 Å². The first-order valence-electron chi connectivity index (χ1n) is 4.13. The van der Waals surface area contributed by atoms with Crippen molar-refractivity contribution in [3.05, 3.63) is 24.3 Å². The van der Waals surface area contributed by atoms with E-state index in [-0.39, 0.29) is 12.0 Å². The van der Waals surface area contributed by atoms with Gasteiger partial charge in [-0.3, -0.25) is 4.79 Å². The maximum atomic E-state index is 9.84. The van der Waals surface area contributed by atoms with Gasteiger partial charge in [0.05, 0.1) is 6.10 Å². The lowest BCUT2D eigenvalue weighted by atomic mass is 10.0. The van der Waals surface area contributed by atoms with E-state index in [0.29, 0.717) is 6.42 Å². The van der Waals surface area contributed by atoms with E-state index in [4.69, 9.17) is 0 Å². The Morgan fingerprint density at radius 3 is 2.42 bits per heavy atom. The smallest absolute Gasteiger partial charge is 0.142 e. The van der Waals surface area contributed by atoms with E-state index in [2.05, 4.69) is 0 Å². The molecule has 68 valence electrons. The molecule has 0 amide bonds. The molecule has 1 unspecified atom stereocenters. The standard InChI is InChI=1S/C10H16O2/c1-9(2)10(12)7-5-3-4-6-8-11/h3-6,8-10,12H,7H2,1-2H3/b5-3-,6-4+. The number of hydrogen-bond acceptors (Lipinski definition) is 2. The maximum Gasteiger partial charge on any atom is 0.142 e. The van der Waals surface area contributed by atoms with E-state index >= 15 is 0 Å². The lowest BCUT2D eigenvalue weighted by Gasteiger charge is -2.10. The molecule has 12 heavy (non-hydrogen) atoms. The second kappa shape index (κ2) is 6.80.